The van der Waals surface area contributed by atoms with Gasteiger partial charge in [0.25, 0.3) is 0 Å². The standard InChI is InChI=1S/C8H5N2O.Li/c1-2-4-9-7(3-1)8-5-11-6-10-8;/h1-5H;/q-1;+1. The minimum Gasteiger partial charge on any atom is -0.581 e. The molecule has 0 aliphatic carbocycles. The molecule has 4 heteroatoms. The van der Waals surface area contributed by atoms with Crippen LogP contribution < -0.4 is 18.9 Å². The third-order valence-electron chi connectivity index (χ3n) is 1.32. The van der Waals surface area contributed by atoms with E-state index in [1.165, 1.54) is 6.26 Å². The largest absolute Gasteiger partial charge is 1.00 e. The van der Waals surface area contributed by atoms with E-state index >= 15 is 0 Å². The molecule has 0 radical (unpaired) electrons. The molecule has 0 aliphatic heterocycles. The quantitative estimate of drug-likeness (QED) is 0.370. The number of hydrogen-bond donors (Lipinski definition) is 0. The number of pyridine rings is 1. The van der Waals surface area contributed by atoms with Crippen LogP contribution in [0.5, 0.6) is 0 Å². The van der Waals surface area contributed by atoms with Gasteiger partial charge in [0.2, 0.25) is 0 Å². The summed E-state index contributed by atoms with van der Waals surface area (Å²) in [6.45, 7) is 0. The molecular weight excluding hydrogens is 147 g/mol. The van der Waals surface area contributed by atoms with E-state index in [1.807, 2.05) is 18.2 Å². The van der Waals surface area contributed by atoms with Gasteiger partial charge < -0.3 is 9.40 Å². The molecule has 2 aromatic heterocycles. The van der Waals surface area contributed by atoms with E-state index < -0.39 is 0 Å². The molecule has 12 heavy (non-hydrogen) atoms. The summed E-state index contributed by atoms with van der Waals surface area (Å²) in [5.74, 6) is 0. The summed E-state index contributed by atoms with van der Waals surface area (Å²) in [6.07, 6.45) is 5.59. The van der Waals surface area contributed by atoms with Gasteiger partial charge in [-0.3, -0.25) is 4.98 Å². The molecule has 2 heterocycles. The van der Waals surface area contributed by atoms with Gasteiger partial charge in [0, 0.05) is 11.9 Å². The van der Waals surface area contributed by atoms with Crippen molar-refractivity contribution in [3.05, 3.63) is 37.1 Å². The third-order valence-corrected chi connectivity index (χ3v) is 1.32. The second-order valence-corrected chi connectivity index (χ2v) is 2.04. The summed E-state index contributed by atoms with van der Waals surface area (Å²) in [4.78, 5) is 7.91. The average Bonchev–Trinajstić information content (AvgIpc) is 2.58. The molecule has 0 saturated carbocycles. The molecule has 0 atom stereocenters. The molecule has 0 aliphatic rings. The molecule has 0 unspecified atom stereocenters. The van der Waals surface area contributed by atoms with E-state index in [2.05, 4.69) is 16.4 Å². The molecule has 0 N–H and O–H groups in total. The number of aromatic nitrogens is 2. The fraction of sp³-hybridized carbons (Fsp3) is 0. The Kier molecular flexibility index (Phi) is 3.09. The van der Waals surface area contributed by atoms with Crippen LogP contribution in [0.2, 0.25) is 0 Å². The van der Waals surface area contributed by atoms with Crippen molar-refractivity contribution in [2.45, 2.75) is 0 Å². The first-order valence-electron chi connectivity index (χ1n) is 3.20. The molecule has 0 aromatic carbocycles. The number of hydrogen-bond acceptors (Lipinski definition) is 3. The van der Waals surface area contributed by atoms with E-state index in [0.29, 0.717) is 5.69 Å². The average molecular weight is 152 g/mol. The maximum Gasteiger partial charge on any atom is 1.00 e. The first-order valence-corrected chi connectivity index (χ1v) is 3.20. The van der Waals surface area contributed by atoms with Crippen molar-refractivity contribution in [1.29, 1.82) is 0 Å². The molecular formula is C8H5LiN2O. The van der Waals surface area contributed by atoms with Gasteiger partial charge in [-0.15, -0.1) is 0 Å². The first kappa shape index (κ1) is 9.05. The van der Waals surface area contributed by atoms with Gasteiger partial charge in [0.05, 0.1) is 0 Å². The Bertz CT molecular complexity index is 320. The van der Waals surface area contributed by atoms with E-state index in [0.717, 1.165) is 5.69 Å². The third kappa shape index (κ3) is 1.76. The summed E-state index contributed by atoms with van der Waals surface area (Å²) >= 11 is 0. The van der Waals surface area contributed by atoms with Crippen LogP contribution in [0.3, 0.4) is 0 Å². The number of nitrogens with zero attached hydrogens (tertiary/aromatic N) is 2. The molecule has 54 valence electrons. The second kappa shape index (κ2) is 4.10. The predicted octanol–water partition coefficient (Wildman–Crippen LogP) is -1.46. The van der Waals surface area contributed by atoms with Crippen molar-refractivity contribution in [2.24, 2.45) is 0 Å². The van der Waals surface area contributed by atoms with Crippen molar-refractivity contribution >= 4 is 0 Å². The normalized spacial score (nSPS) is 9.00. The Morgan fingerprint density at radius 2 is 2.17 bits per heavy atom. The van der Waals surface area contributed by atoms with Crippen molar-refractivity contribution in [3.8, 4) is 11.4 Å². The summed E-state index contributed by atoms with van der Waals surface area (Å²) in [5.41, 5.74) is 1.52. The Morgan fingerprint density at radius 3 is 2.75 bits per heavy atom. The van der Waals surface area contributed by atoms with Crippen LogP contribution in [-0.2, 0) is 0 Å². The van der Waals surface area contributed by atoms with Crippen molar-refractivity contribution in [2.75, 3.05) is 0 Å². The Morgan fingerprint density at radius 1 is 1.25 bits per heavy atom. The molecule has 0 saturated heterocycles. The monoisotopic (exact) mass is 152 g/mol. The molecule has 2 aromatic rings. The Hall–Kier alpha value is -1.04. The fourth-order valence-electron chi connectivity index (χ4n) is 0.816. The van der Waals surface area contributed by atoms with Gasteiger partial charge in [0.15, 0.2) is 0 Å². The topological polar surface area (TPSA) is 38.9 Å². The van der Waals surface area contributed by atoms with Crippen LogP contribution in [0, 0.1) is 6.39 Å². The summed E-state index contributed by atoms with van der Waals surface area (Å²) in [5, 5.41) is 0. The Balaban J connectivity index is 0.000000720. The van der Waals surface area contributed by atoms with E-state index in [4.69, 9.17) is 4.42 Å². The minimum absolute atomic E-state index is 0. The van der Waals surface area contributed by atoms with E-state index in [-0.39, 0.29) is 18.9 Å². The minimum atomic E-state index is 0. The van der Waals surface area contributed by atoms with Crippen LogP contribution in [0.4, 0.5) is 0 Å². The zero-order valence-electron chi connectivity index (χ0n) is 6.69. The van der Waals surface area contributed by atoms with E-state index in [9.17, 15) is 0 Å². The zero-order chi connectivity index (χ0) is 7.52. The van der Waals surface area contributed by atoms with Crippen molar-refractivity contribution in [1.82, 2.24) is 9.97 Å². The molecule has 0 fully saturated rings. The van der Waals surface area contributed by atoms with Crippen LogP contribution in [0.25, 0.3) is 11.4 Å². The van der Waals surface area contributed by atoms with Gasteiger partial charge in [0.1, 0.15) is 6.39 Å². The maximum absolute atomic E-state index is 4.69. The fourth-order valence-corrected chi connectivity index (χ4v) is 0.816. The summed E-state index contributed by atoms with van der Waals surface area (Å²) in [7, 11) is 0. The predicted molar refractivity (Wildman–Crippen MR) is 38.6 cm³/mol. The molecule has 0 amide bonds. The molecule has 2 rings (SSSR count). The SMILES string of the molecule is [Li+].[c-]1nc(-c2ccccn2)co1. The summed E-state index contributed by atoms with van der Waals surface area (Å²) in [6, 6.07) is 5.62. The second-order valence-electron chi connectivity index (χ2n) is 2.04. The Labute approximate surface area is 82.0 Å². The first-order chi connectivity index (χ1) is 5.47. The molecule has 0 spiro atoms. The number of rotatable bonds is 1. The van der Waals surface area contributed by atoms with Gasteiger partial charge in [-0.2, -0.15) is 0 Å². The van der Waals surface area contributed by atoms with Crippen molar-refractivity contribution < 1.29 is 23.3 Å². The summed E-state index contributed by atoms with van der Waals surface area (Å²) < 4.78 is 4.69. The van der Waals surface area contributed by atoms with E-state index in [1.54, 1.807) is 6.20 Å². The van der Waals surface area contributed by atoms with Crippen LogP contribution in [-0.4, -0.2) is 9.97 Å². The molecule has 0 bridgehead atoms. The van der Waals surface area contributed by atoms with Gasteiger partial charge >= 0.3 is 18.9 Å². The van der Waals surface area contributed by atoms with Gasteiger partial charge in [-0.1, -0.05) is 6.07 Å². The van der Waals surface area contributed by atoms with Crippen molar-refractivity contribution in [3.63, 3.8) is 0 Å². The van der Waals surface area contributed by atoms with Crippen LogP contribution >= 0.6 is 0 Å². The van der Waals surface area contributed by atoms with Gasteiger partial charge in [-0.25, -0.2) is 0 Å². The smallest absolute Gasteiger partial charge is 0.581 e. The maximum atomic E-state index is 4.69. The number of oxazole rings is 1. The molecule has 3 nitrogen and oxygen atoms in total. The van der Waals surface area contributed by atoms with Gasteiger partial charge in [-0.05, 0) is 24.1 Å². The van der Waals surface area contributed by atoms with Crippen LogP contribution in [0.15, 0.2) is 35.1 Å². The zero-order valence-corrected chi connectivity index (χ0v) is 6.69. The van der Waals surface area contributed by atoms with Crippen LogP contribution in [0.1, 0.15) is 0 Å².